The van der Waals surface area contributed by atoms with Gasteiger partial charge in [0.05, 0.1) is 12.5 Å². The van der Waals surface area contributed by atoms with E-state index in [0.29, 0.717) is 12.8 Å². The number of aliphatic carboxylic acids is 1. The maximum atomic E-state index is 11.4. The Kier molecular flexibility index (Phi) is 6.88. The van der Waals surface area contributed by atoms with Gasteiger partial charge < -0.3 is 21.9 Å². The molecule has 0 spiro atoms. The van der Waals surface area contributed by atoms with Crippen LogP contribution in [0.15, 0.2) is 0 Å². The number of nitrogens with one attached hydrogen (secondary N) is 1. The van der Waals surface area contributed by atoms with Gasteiger partial charge in [0.1, 0.15) is 6.04 Å². The van der Waals surface area contributed by atoms with E-state index in [0.717, 1.165) is 6.42 Å². The average molecular weight is 245 g/mol. The lowest BCUT2D eigenvalue weighted by atomic mass is 10.1. The van der Waals surface area contributed by atoms with Crippen molar-refractivity contribution in [1.29, 1.82) is 0 Å². The predicted octanol–water partition coefficient (Wildman–Crippen LogP) is -1.05. The predicted molar refractivity (Wildman–Crippen MR) is 60.9 cm³/mol. The second kappa shape index (κ2) is 7.61. The fourth-order valence-electron chi connectivity index (χ4n) is 1.25. The molecule has 2 amide bonds. The Hall–Kier alpha value is -1.63. The zero-order valence-corrected chi connectivity index (χ0v) is 9.81. The summed E-state index contributed by atoms with van der Waals surface area (Å²) in [4.78, 5) is 32.8. The number of carboxylic acid groups (broad SMARTS) is 1. The van der Waals surface area contributed by atoms with Crippen LogP contribution in [-0.4, -0.2) is 35.0 Å². The van der Waals surface area contributed by atoms with Crippen LogP contribution >= 0.6 is 0 Å². The molecule has 6 N–H and O–H groups in total. The first-order chi connectivity index (χ1) is 7.88. The molecule has 0 aliphatic heterocycles. The largest absolute Gasteiger partial charge is 0.480 e. The third-order valence-electron chi connectivity index (χ3n) is 2.22. The quantitative estimate of drug-likeness (QED) is 0.432. The van der Waals surface area contributed by atoms with E-state index in [4.69, 9.17) is 16.6 Å². The summed E-state index contributed by atoms with van der Waals surface area (Å²) in [7, 11) is 0. The summed E-state index contributed by atoms with van der Waals surface area (Å²) < 4.78 is 0. The first-order valence-corrected chi connectivity index (χ1v) is 5.45. The molecule has 0 aromatic carbocycles. The minimum absolute atomic E-state index is 0.300. The van der Waals surface area contributed by atoms with Crippen LogP contribution in [0, 0.1) is 0 Å². The molecule has 0 aliphatic rings. The first kappa shape index (κ1) is 15.4. The zero-order valence-electron chi connectivity index (χ0n) is 9.81. The summed E-state index contributed by atoms with van der Waals surface area (Å²) in [6.45, 7) is 1.92. The van der Waals surface area contributed by atoms with E-state index >= 15 is 0 Å². The maximum absolute atomic E-state index is 11.4. The molecular formula is C10H19N3O4. The lowest BCUT2D eigenvalue weighted by molar-refractivity contribution is -0.142. The van der Waals surface area contributed by atoms with Crippen molar-refractivity contribution in [1.82, 2.24) is 5.32 Å². The van der Waals surface area contributed by atoms with Crippen molar-refractivity contribution in [2.75, 3.05) is 0 Å². The van der Waals surface area contributed by atoms with E-state index in [-0.39, 0.29) is 6.42 Å². The lowest BCUT2D eigenvalue weighted by Gasteiger charge is -2.16. The molecule has 0 heterocycles. The molecule has 0 radical (unpaired) electrons. The number of primary amides is 1. The molecule has 0 saturated carbocycles. The van der Waals surface area contributed by atoms with Crippen LogP contribution in [0.3, 0.4) is 0 Å². The highest BCUT2D eigenvalue weighted by Crippen LogP contribution is 2.01. The minimum Gasteiger partial charge on any atom is -0.480 e. The smallest absolute Gasteiger partial charge is 0.326 e. The van der Waals surface area contributed by atoms with Gasteiger partial charge in [-0.1, -0.05) is 19.8 Å². The number of rotatable bonds is 8. The number of amides is 2. The fourth-order valence-corrected chi connectivity index (χ4v) is 1.25. The number of hydrogen-bond acceptors (Lipinski definition) is 4. The molecule has 0 fully saturated rings. The normalized spacial score (nSPS) is 13.8. The molecule has 0 saturated heterocycles. The molecule has 0 aromatic heterocycles. The third kappa shape index (κ3) is 6.52. The standard InChI is InChI=1S/C10H19N3O4/c1-2-3-4-7(10(16)17)13-9(15)6(11)5-8(12)14/h6-7H,2-5,11H2,1H3,(H2,12,14)(H,13,15)(H,16,17). The molecule has 7 nitrogen and oxygen atoms in total. The molecule has 98 valence electrons. The summed E-state index contributed by atoms with van der Waals surface area (Å²) in [5, 5.41) is 11.2. The molecular weight excluding hydrogens is 226 g/mol. The lowest BCUT2D eigenvalue weighted by Crippen LogP contribution is -2.49. The second-order valence-electron chi connectivity index (χ2n) is 3.82. The molecule has 0 rings (SSSR count). The van der Waals surface area contributed by atoms with Crippen LogP contribution in [0.4, 0.5) is 0 Å². The Morgan fingerprint density at radius 1 is 1.35 bits per heavy atom. The fraction of sp³-hybridized carbons (Fsp3) is 0.700. The maximum Gasteiger partial charge on any atom is 0.326 e. The highest BCUT2D eigenvalue weighted by atomic mass is 16.4. The number of carbonyl (C=O) groups excluding carboxylic acids is 2. The summed E-state index contributed by atoms with van der Waals surface area (Å²) in [6, 6.07) is -2.07. The van der Waals surface area contributed by atoms with Crippen molar-refractivity contribution in [2.45, 2.75) is 44.7 Å². The summed E-state index contributed by atoms with van der Waals surface area (Å²) >= 11 is 0. The number of carboxylic acids is 1. The Balaban J connectivity index is 4.29. The van der Waals surface area contributed by atoms with Gasteiger partial charge in [-0.3, -0.25) is 9.59 Å². The van der Waals surface area contributed by atoms with E-state index in [9.17, 15) is 14.4 Å². The van der Waals surface area contributed by atoms with E-state index in [1.54, 1.807) is 0 Å². The van der Waals surface area contributed by atoms with Crippen LogP contribution < -0.4 is 16.8 Å². The Morgan fingerprint density at radius 2 is 1.94 bits per heavy atom. The molecule has 17 heavy (non-hydrogen) atoms. The monoisotopic (exact) mass is 245 g/mol. The zero-order chi connectivity index (χ0) is 13.4. The summed E-state index contributed by atoms with van der Waals surface area (Å²) in [5.41, 5.74) is 10.3. The van der Waals surface area contributed by atoms with Gasteiger partial charge in [-0.25, -0.2) is 4.79 Å². The van der Waals surface area contributed by atoms with Gasteiger partial charge in [0.25, 0.3) is 0 Å². The van der Waals surface area contributed by atoms with Gasteiger partial charge >= 0.3 is 5.97 Å². The van der Waals surface area contributed by atoms with Gasteiger partial charge in [-0.05, 0) is 6.42 Å². The molecule has 7 heteroatoms. The Bertz CT molecular complexity index is 293. The van der Waals surface area contributed by atoms with Crippen molar-refractivity contribution < 1.29 is 19.5 Å². The minimum atomic E-state index is -1.11. The van der Waals surface area contributed by atoms with Crippen molar-refractivity contribution in [2.24, 2.45) is 11.5 Å². The highest BCUT2D eigenvalue weighted by Gasteiger charge is 2.23. The number of nitrogens with two attached hydrogens (primary N) is 2. The molecule has 2 unspecified atom stereocenters. The second-order valence-corrected chi connectivity index (χ2v) is 3.82. The van der Waals surface area contributed by atoms with Crippen LogP contribution in [0.2, 0.25) is 0 Å². The van der Waals surface area contributed by atoms with Crippen LogP contribution in [0.1, 0.15) is 32.6 Å². The van der Waals surface area contributed by atoms with E-state index in [2.05, 4.69) is 5.32 Å². The van der Waals surface area contributed by atoms with E-state index in [1.165, 1.54) is 0 Å². The van der Waals surface area contributed by atoms with Crippen molar-refractivity contribution in [3.63, 3.8) is 0 Å². The van der Waals surface area contributed by atoms with Crippen LogP contribution in [-0.2, 0) is 14.4 Å². The van der Waals surface area contributed by atoms with Gasteiger partial charge in [-0.15, -0.1) is 0 Å². The van der Waals surface area contributed by atoms with Gasteiger partial charge in [-0.2, -0.15) is 0 Å². The average Bonchev–Trinajstić information content (AvgIpc) is 2.22. The molecule has 0 bridgehead atoms. The SMILES string of the molecule is CCCCC(NC(=O)C(N)CC(N)=O)C(=O)O. The molecule has 2 atom stereocenters. The van der Waals surface area contributed by atoms with Crippen molar-refractivity contribution in [3.05, 3.63) is 0 Å². The molecule has 0 aliphatic carbocycles. The van der Waals surface area contributed by atoms with Crippen LogP contribution in [0.5, 0.6) is 0 Å². The van der Waals surface area contributed by atoms with Crippen molar-refractivity contribution >= 4 is 17.8 Å². The van der Waals surface area contributed by atoms with Gasteiger partial charge in [0.2, 0.25) is 11.8 Å². The number of carbonyl (C=O) groups is 3. The summed E-state index contributed by atoms with van der Waals surface area (Å²) in [6.07, 6.45) is 1.54. The number of unbranched alkanes of at least 4 members (excludes halogenated alkanes) is 1. The van der Waals surface area contributed by atoms with E-state index < -0.39 is 29.9 Å². The van der Waals surface area contributed by atoms with Gasteiger partial charge in [0.15, 0.2) is 0 Å². The summed E-state index contributed by atoms with van der Waals surface area (Å²) in [5.74, 6) is -2.49. The third-order valence-corrected chi connectivity index (χ3v) is 2.22. The number of hydrogen-bond donors (Lipinski definition) is 4. The van der Waals surface area contributed by atoms with Gasteiger partial charge in [0, 0.05) is 0 Å². The topological polar surface area (TPSA) is 136 Å². The first-order valence-electron chi connectivity index (χ1n) is 5.45. The van der Waals surface area contributed by atoms with Crippen molar-refractivity contribution in [3.8, 4) is 0 Å². The highest BCUT2D eigenvalue weighted by molar-refractivity contribution is 5.90. The Labute approximate surface area is 99.5 Å². The van der Waals surface area contributed by atoms with Crippen LogP contribution in [0.25, 0.3) is 0 Å². The van der Waals surface area contributed by atoms with E-state index in [1.807, 2.05) is 6.92 Å². The molecule has 0 aromatic rings. The Morgan fingerprint density at radius 3 is 2.35 bits per heavy atom.